The van der Waals surface area contributed by atoms with Crippen LogP contribution >= 0.6 is 0 Å². The van der Waals surface area contributed by atoms with Crippen molar-refractivity contribution in [2.75, 3.05) is 0 Å². The summed E-state index contributed by atoms with van der Waals surface area (Å²) in [6.45, 7) is 8.94. The molecule has 0 aliphatic heterocycles. The molecule has 0 aromatic heterocycles. The summed E-state index contributed by atoms with van der Waals surface area (Å²) in [5.41, 5.74) is 0. The van der Waals surface area contributed by atoms with Gasteiger partial charge in [0.1, 0.15) is 0 Å². The Balaban J connectivity index is 0. The maximum Gasteiger partial charge on any atom is -0.0386 e. The van der Waals surface area contributed by atoms with Crippen molar-refractivity contribution in [1.82, 2.24) is 0 Å². The van der Waals surface area contributed by atoms with E-state index in [1.165, 1.54) is 64.2 Å². The summed E-state index contributed by atoms with van der Waals surface area (Å²) < 4.78 is 0. The lowest BCUT2D eigenvalue weighted by atomic mass is 9.85. The summed E-state index contributed by atoms with van der Waals surface area (Å²) in [6.07, 6.45) is 22.6. The molecule has 0 unspecified atom stereocenters. The van der Waals surface area contributed by atoms with Gasteiger partial charge in [-0.3, -0.25) is 0 Å². The first-order chi connectivity index (χ1) is 8.79. The van der Waals surface area contributed by atoms with E-state index in [4.69, 9.17) is 0 Å². The second-order valence-electron chi connectivity index (χ2n) is 5.42. The molecule has 0 saturated heterocycles. The molecular weight excluding hydrogens is 216 g/mol. The van der Waals surface area contributed by atoms with Crippen molar-refractivity contribution in [2.45, 2.75) is 91.9 Å². The van der Waals surface area contributed by atoms with Crippen molar-refractivity contribution < 1.29 is 0 Å². The minimum Gasteiger partial charge on any atom is -0.124 e. The average Bonchev–Trinajstić information content (AvgIpc) is 2.92. The highest BCUT2D eigenvalue weighted by Crippen LogP contribution is 2.35. The van der Waals surface area contributed by atoms with E-state index in [1.807, 2.05) is 0 Å². The van der Waals surface area contributed by atoms with Crippen LogP contribution in [0.2, 0.25) is 0 Å². The highest BCUT2D eigenvalue weighted by molar-refractivity contribution is 4.74. The van der Waals surface area contributed by atoms with Crippen LogP contribution < -0.4 is 0 Å². The van der Waals surface area contributed by atoms with Crippen LogP contribution in [0.1, 0.15) is 91.9 Å². The highest BCUT2D eigenvalue weighted by atomic mass is 14.3. The van der Waals surface area contributed by atoms with Gasteiger partial charge in [0, 0.05) is 0 Å². The quantitative estimate of drug-likeness (QED) is 0.376. The molecule has 0 radical (unpaired) electrons. The molecule has 1 saturated carbocycles. The summed E-state index contributed by atoms with van der Waals surface area (Å²) in [4.78, 5) is 0. The first kappa shape index (κ1) is 19.9. The van der Waals surface area contributed by atoms with E-state index in [1.54, 1.807) is 0 Å². The standard InChI is InChI=1S/C13H26.C3H8.C2H2/c1-3-5-6-9-12(4-2)13-10-7-8-11-13;1-3-2;1-2/h12-13H,3-11H2,1-2H3;3H2,1-2H3;1-2H/t12-;;/m0../s1. The minimum absolute atomic E-state index is 1.06. The Morgan fingerprint density at radius 3 is 1.83 bits per heavy atom. The zero-order valence-corrected chi connectivity index (χ0v) is 13.4. The molecule has 0 aromatic rings. The van der Waals surface area contributed by atoms with Crippen molar-refractivity contribution in [3.8, 4) is 12.8 Å². The molecule has 0 bridgehead atoms. The fraction of sp³-hybridized carbons (Fsp3) is 0.889. The second kappa shape index (κ2) is 16.6. The summed E-state index contributed by atoms with van der Waals surface area (Å²) in [5, 5.41) is 0. The van der Waals surface area contributed by atoms with Crippen LogP contribution in [0.15, 0.2) is 0 Å². The number of terminal acetylenes is 1. The first-order valence-corrected chi connectivity index (χ1v) is 8.13. The predicted molar refractivity (Wildman–Crippen MR) is 85.7 cm³/mol. The minimum atomic E-state index is 1.06. The molecule has 18 heavy (non-hydrogen) atoms. The van der Waals surface area contributed by atoms with E-state index in [9.17, 15) is 0 Å². The fourth-order valence-corrected chi connectivity index (χ4v) is 2.86. The normalized spacial score (nSPS) is 16.1. The van der Waals surface area contributed by atoms with Gasteiger partial charge in [0.15, 0.2) is 0 Å². The van der Waals surface area contributed by atoms with E-state index in [0.717, 1.165) is 11.8 Å². The molecule has 0 spiro atoms. The number of unbranched alkanes of at least 4 members (excludes halogenated alkanes) is 2. The molecule has 0 heterocycles. The smallest absolute Gasteiger partial charge is 0.0386 e. The van der Waals surface area contributed by atoms with Crippen molar-refractivity contribution in [3.05, 3.63) is 0 Å². The lowest BCUT2D eigenvalue weighted by Gasteiger charge is -2.21. The van der Waals surface area contributed by atoms with Gasteiger partial charge in [0.25, 0.3) is 0 Å². The highest BCUT2D eigenvalue weighted by Gasteiger charge is 2.22. The van der Waals surface area contributed by atoms with Crippen molar-refractivity contribution in [3.63, 3.8) is 0 Å². The van der Waals surface area contributed by atoms with Crippen LogP contribution in [-0.4, -0.2) is 0 Å². The lowest BCUT2D eigenvalue weighted by Crippen LogP contribution is -2.10. The molecule has 0 N–H and O–H groups in total. The SMILES string of the molecule is C#C.CCC.CCCCC[C@H](CC)C1CCCC1. The molecule has 108 valence electrons. The summed E-state index contributed by atoms with van der Waals surface area (Å²) in [6, 6.07) is 0. The Labute approximate surface area is 117 Å². The van der Waals surface area contributed by atoms with Crippen LogP contribution in [-0.2, 0) is 0 Å². The number of hydrogen-bond donors (Lipinski definition) is 0. The molecule has 1 rings (SSSR count). The van der Waals surface area contributed by atoms with Crippen LogP contribution in [0.4, 0.5) is 0 Å². The average molecular weight is 252 g/mol. The van der Waals surface area contributed by atoms with Crippen LogP contribution in [0, 0.1) is 24.7 Å². The monoisotopic (exact) mass is 252 g/mol. The lowest BCUT2D eigenvalue weighted by molar-refractivity contribution is 0.300. The Morgan fingerprint density at radius 2 is 1.44 bits per heavy atom. The van der Waals surface area contributed by atoms with Crippen LogP contribution in [0.5, 0.6) is 0 Å². The molecular formula is C18H36. The zero-order valence-electron chi connectivity index (χ0n) is 13.4. The Hall–Kier alpha value is -0.440. The van der Waals surface area contributed by atoms with Gasteiger partial charge in [-0.05, 0) is 11.8 Å². The van der Waals surface area contributed by atoms with Crippen LogP contribution in [0.3, 0.4) is 0 Å². The zero-order chi connectivity index (χ0) is 14.2. The topological polar surface area (TPSA) is 0 Å². The number of hydrogen-bond acceptors (Lipinski definition) is 0. The van der Waals surface area contributed by atoms with E-state index in [-0.39, 0.29) is 0 Å². The maximum absolute atomic E-state index is 4.00. The third-order valence-corrected chi connectivity index (χ3v) is 3.77. The number of rotatable bonds is 6. The molecule has 0 amide bonds. The van der Waals surface area contributed by atoms with Crippen molar-refractivity contribution in [2.24, 2.45) is 11.8 Å². The molecule has 0 heteroatoms. The largest absolute Gasteiger partial charge is 0.124 e. The van der Waals surface area contributed by atoms with E-state index >= 15 is 0 Å². The second-order valence-corrected chi connectivity index (χ2v) is 5.42. The Morgan fingerprint density at radius 1 is 0.944 bits per heavy atom. The molecule has 1 atom stereocenters. The summed E-state index contributed by atoms with van der Waals surface area (Å²) >= 11 is 0. The van der Waals surface area contributed by atoms with Crippen molar-refractivity contribution in [1.29, 1.82) is 0 Å². The maximum atomic E-state index is 4.00. The van der Waals surface area contributed by atoms with Gasteiger partial charge in [0.05, 0.1) is 0 Å². The van der Waals surface area contributed by atoms with E-state index < -0.39 is 0 Å². The van der Waals surface area contributed by atoms with Crippen LogP contribution in [0.25, 0.3) is 0 Å². The van der Waals surface area contributed by atoms with Gasteiger partial charge in [-0.15, -0.1) is 12.8 Å². The van der Waals surface area contributed by atoms with E-state index in [0.29, 0.717) is 0 Å². The molecule has 0 aromatic carbocycles. The molecule has 0 nitrogen and oxygen atoms in total. The van der Waals surface area contributed by atoms with E-state index in [2.05, 4.69) is 40.5 Å². The Bertz CT molecular complexity index is 151. The third kappa shape index (κ3) is 10.7. The molecule has 1 aliphatic rings. The molecule has 1 aliphatic carbocycles. The van der Waals surface area contributed by atoms with Gasteiger partial charge in [-0.2, -0.15) is 0 Å². The Kier molecular flexibility index (Phi) is 18.3. The first-order valence-electron chi connectivity index (χ1n) is 8.13. The predicted octanol–water partition coefficient (Wildman–Crippen LogP) is 6.45. The fourth-order valence-electron chi connectivity index (χ4n) is 2.86. The van der Waals surface area contributed by atoms with Gasteiger partial charge < -0.3 is 0 Å². The molecule has 1 fully saturated rings. The van der Waals surface area contributed by atoms with Gasteiger partial charge in [-0.1, -0.05) is 91.9 Å². The van der Waals surface area contributed by atoms with Gasteiger partial charge >= 0.3 is 0 Å². The van der Waals surface area contributed by atoms with Gasteiger partial charge in [-0.25, -0.2) is 0 Å². The third-order valence-electron chi connectivity index (χ3n) is 3.77. The van der Waals surface area contributed by atoms with Crippen molar-refractivity contribution >= 4 is 0 Å². The summed E-state index contributed by atoms with van der Waals surface area (Å²) in [5.74, 6) is 2.16. The van der Waals surface area contributed by atoms with Gasteiger partial charge in [0.2, 0.25) is 0 Å². The summed E-state index contributed by atoms with van der Waals surface area (Å²) in [7, 11) is 0.